The first-order valence-electron chi connectivity index (χ1n) is 10.2. The third kappa shape index (κ3) is 3.52. The Balaban J connectivity index is 1.51. The lowest BCUT2D eigenvalue weighted by molar-refractivity contribution is 0.0331. The average Bonchev–Trinajstić information content (AvgIpc) is 3.30. The average molecular weight is 395 g/mol. The number of aromatic nitrogens is 2. The Kier molecular flexibility index (Phi) is 5.01. The Morgan fingerprint density at radius 3 is 2.79 bits per heavy atom. The van der Waals surface area contributed by atoms with Crippen molar-refractivity contribution in [3.8, 4) is 0 Å². The summed E-state index contributed by atoms with van der Waals surface area (Å²) in [5, 5.41) is 4.96. The summed E-state index contributed by atoms with van der Waals surface area (Å²) < 4.78 is 5.48. The summed E-state index contributed by atoms with van der Waals surface area (Å²) in [5.41, 5.74) is 2.75. The van der Waals surface area contributed by atoms with Gasteiger partial charge in [0.2, 0.25) is 0 Å². The molecule has 1 aliphatic heterocycles. The number of anilines is 1. The summed E-state index contributed by atoms with van der Waals surface area (Å²) in [6.45, 7) is 6.49. The van der Waals surface area contributed by atoms with Crippen molar-refractivity contribution in [1.82, 2.24) is 14.9 Å². The molecule has 1 aliphatic carbocycles. The molecule has 5 rings (SSSR count). The van der Waals surface area contributed by atoms with Gasteiger partial charge in [0.15, 0.2) is 0 Å². The van der Waals surface area contributed by atoms with Gasteiger partial charge in [-0.15, -0.1) is 11.3 Å². The van der Waals surface area contributed by atoms with Crippen LogP contribution in [-0.4, -0.2) is 41.2 Å². The minimum Gasteiger partial charge on any atom is -0.379 e. The van der Waals surface area contributed by atoms with E-state index in [1.165, 1.54) is 34.2 Å². The van der Waals surface area contributed by atoms with Crippen LogP contribution in [0.2, 0.25) is 0 Å². The van der Waals surface area contributed by atoms with Crippen molar-refractivity contribution in [2.45, 2.75) is 38.8 Å². The Morgan fingerprint density at radius 2 is 1.96 bits per heavy atom. The molecule has 1 aromatic carbocycles. The van der Waals surface area contributed by atoms with Gasteiger partial charge in [0.05, 0.1) is 25.1 Å². The molecule has 3 aromatic rings. The van der Waals surface area contributed by atoms with Crippen molar-refractivity contribution in [3.63, 3.8) is 0 Å². The van der Waals surface area contributed by atoms with E-state index in [1.54, 1.807) is 0 Å². The number of thiophene rings is 1. The van der Waals surface area contributed by atoms with E-state index in [2.05, 4.69) is 47.5 Å². The molecule has 6 heteroatoms. The Labute approximate surface area is 169 Å². The molecule has 0 amide bonds. The van der Waals surface area contributed by atoms with Crippen molar-refractivity contribution in [1.29, 1.82) is 0 Å². The quantitative estimate of drug-likeness (QED) is 0.703. The summed E-state index contributed by atoms with van der Waals surface area (Å²) in [6, 6.07) is 10.8. The van der Waals surface area contributed by atoms with Crippen molar-refractivity contribution in [2.24, 2.45) is 0 Å². The van der Waals surface area contributed by atoms with Gasteiger partial charge in [-0.05, 0) is 37.3 Å². The molecule has 2 aliphatic rings. The predicted molar refractivity (Wildman–Crippen MR) is 114 cm³/mol. The van der Waals surface area contributed by atoms with Gasteiger partial charge in [-0.25, -0.2) is 9.97 Å². The normalized spacial score (nSPS) is 18.3. The maximum Gasteiger partial charge on any atom is 0.146 e. The van der Waals surface area contributed by atoms with Crippen molar-refractivity contribution in [3.05, 3.63) is 52.2 Å². The van der Waals surface area contributed by atoms with Crippen LogP contribution in [-0.2, 0) is 24.1 Å². The molecule has 0 bridgehead atoms. The minimum atomic E-state index is 0.201. The number of nitrogens with zero attached hydrogens (tertiary/aromatic N) is 3. The van der Waals surface area contributed by atoms with Gasteiger partial charge in [0, 0.05) is 24.0 Å². The number of ether oxygens (including phenoxy) is 1. The van der Waals surface area contributed by atoms with Crippen LogP contribution in [0.3, 0.4) is 0 Å². The number of aryl methyl sites for hydroxylation is 2. The molecule has 2 aromatic heterocycles. The Hall–Kier alpha value is -2.02. The van der Waals surface area contributed by atoms with Gasteiger partial charge < -0.3 is 10.1 Å². The molecule has 5 nitrogen and oxygen atoms in total. The second kappa shape index (κ2) is 7.78. The second-order valence-electron chi connectivity index (χ2n) is 7.69. The molecule has 28 heavy (non-hydrogen) atoms. The first-order valence-corrected chi connectivity index (χ1v) is 11.0. The van der Waals surface area contributed by atoms with E-state index >= 15 is 0 Å². The zero-order chi connectivity index (χ0) is 18.9. The summed E-state index contributed by atoms with van der Waals surface area (Å²) in [6.07, 6.45) is 3.58. The highest BCUT2D eigenvalue weighted by atomic mass is 32.1. The highest BCUT2D eigenvalue weighted by Crippen LogP contribution is 2.40. The lowest BCUT2D eigenvalue weighted by Gasteiger charge is -2.26. The molecule has 1 N–H and O–H groups in total. The van der Waals surface area contributed by atoms with E-state index in [0.717, 1.165) is 55.7 Å². The molecule has 1 atom stereocenters. The molecule has 0 spiro atoms. The molecular formula is C22H26N4OS. The molecule has 0 saturated carbocycles. The van der Waals surface area contributed by atoms with E-state index in [-0.39, 0.29) is 6.04 Å². The van der Waals surface area contributed by atoms with E-state index < -0.39 is 0 Å². The topological polar surface area (TPSA) is 50.3 Å². The number of hydrogen-bond donors (Lipinski definition) is 1. The monoisotopic (exact) mass is 394 g/mol. The number of hydrogen-bond acceptors (Lipinski definition) is 6. The summed E-state index contributed by atoms with van der Waals surface area (Å²) in [7, 11) is 0. The SMILES string of the molecule is CC(Nc1nc(CN2CCOCC2)nc2sc3c(c12)CCC3)c1ccccc1. The highest BCUT2D eigenvalue weighted by Gasteiger charge is 2.24. The van der Waals surface area contributed by atoms with E-state index in [4.69, 9.17) is 14.7 Å². The summed E-state index contributed by atoms with van der Waals surface area (Å²) >= 11 is 1.87. The lowest BCUT2D eigenvalue weighted by atomic mass is 10.1. The fourth-order valence-corrected chi connectivity index (χ4v) is 5.48. The molecule has 1 saturated heterocycles. The van der Waals surface area contributed by atoms with E-state index in [9.17, 15) is 0 Å². The molecule has 1 unspecified atom stereocenters. The number of nitrogens with one attached hydrogen (secondary N) is 1. The first kappa shape index (κ1) is 18.0. The van der Waals surface area contributed by atoms with Crippen LogP contribution in [0.1, 0.15) is 41.2 Å². The zero-order valence-corrected chi connectivity index (χ0v) is 17.1. The summed E-state index contributed by atoms with van der Waals surface area (Å²) in [4.78, 5) is 15.0. The molecule has 3 heterocycles. The zero-order valence-electron chi connectivity index (χ0n) is 16.3. The maximum absolute atomic E-state index is 5.48. The predicted octanol–water partition coefficient (Wildman–Crippen LogP) is 4.19. The molecule has 1 fully saturated rings. The third-order valence-corrected chi connectivity index (χ3v) is 6.92. The minimum absolute atomic E-state index is 0.201. The number of benzene rings is 1. The van der Waals surface area contributed by atoms with Crippen LogP contribution in [0.15, 0.2) is 30.3 Å². The molecule has 0 radical (unpaired) electrons. The highest BCUT2D eigenvalue weighted by molar-refractivity contribution is 7.19. The van der Waals surface area contributed by atoms with Crippen molar-refractivity contribution < 1.29 is 4.74 Å². The standard InChI is InChI=1S/C22H26N4OS/c1-15(16-6-3-2-4-7-16)23-21-20-17-8-5-9-18(17)28-22(20)25-19(24-21)14-26-10-12-27-13-11-26/h2-4,6-7,15H,5,8-14H2,1H3,(H,23,24,25). The fourth-order valence-electron chi connectivity index (χ4n) is 4.20. The van der Waals surface area contributed by atoms with Gasteiger partial charge >= 0.3 is 0 Å². The van der Waals surface area contributed by atoms with Crippen LogP contribution in [0.25, 0.3) is 10.2 Å². The number of fused-ring (bicyclic) bond motifs is 3. The van der Waals surface area contributed by atoms with Crippen molar-refractivity contribution in [2.75, 3.05) is 31.6 Å². The van der Waals surface area contributed by atoms with Gasteiger partial charge in [-0.2, -0.15) is 0 Å². The van der Waals surface area contributed by atoms with Crippen molar-refractivity contribution >= 4 is 27.4 Å². The van der Waals surface area contributed by atoms with Gasteiger partial charge in [0.1, 0.15) is 16.5 Å². The van der Waals surface area contributed by atoms with E-state index in [1.807, 2.05) is 11.3 Å². The Bertz CT molecular complexity index is 966. The van der Waals surface area contributed by atoms with Crippen LogP contribution in [0, 0.1) is 0 Å². The number of morpholine rings is 1. The van der Waals surface area contributed by atoms with Gasteiger partial charge in [-0.1, -0.05) is 30.3 Å². The second-order valence-corrected chi connectivity index (χ2v) is 8.77. The Morgan fingerprint density at radius 1 is 1.14 bits per heavy atom. The van der Waals surface area contributed by atoms with Gasteiger partial charge in [-0.3, -0.25) is 4.90 Å². The van der Waals surface area contributed by atoms with Crippen LogP contribution < -0.4 is 5.32 Å². The largest absolute Gasteiger partial charge is 0.379 e. The van der Waals surface area contributed by atoms with Crippen LogP contribution in [0.5, 0.6) is 0 Å². The van der Waals surface area contributed by atoms with Gasteiger partial charge in [0.25, 0.3) is 0 Å². The van der Waals surface area contributed by atoms with E-state index in [0.29, 0.717) is 0 Å². The first-order chi connectivity index (χ1) is 13.8. The number of rotatable bonds is 5. The fraction of sp³-hybridized carbons (Fsp3) is 0.455. The third-order valence-electron chi connectivity index (χ3n) is 5.73. The smallest absolute Gasteiger partial charge is 0.146 e. The van der Waals surface area contributed by atoms with Crippen LogP contribution >= 0.6 is 11.3 Å². The maximum atomic E-state index is 5.48. The summed E-state index contributed by atoms with van der Waals surface area (Å²) in [5.74, 6) is 1.92. The van der Waals surface area contributed by atoms with Crippen LogP contribution in [0.4, 0.5) is 5.82 Å². The molecular weight excluding hydrogens is 368 g/mol. The lowest BCUT2D eigenvalue weighted by Crippen LogP contribution is -2.36. The molecule has 146 valence electrons.